The van der Waals surface area contributed by atoms with E-state index in [0.717, 1.165) is 63.7 Å². The van der Waals surface area contributed by atoms with E-state index in [1.807, 2.05) is 18.4 Å². The molecule has 1 aromatic heterocycles. The lowest BCUT2D eigenvalue weighted by atomic mass is 9.44. The molecular weight excluding hydrogens is 619 g/mol. The summed E-state index contributed by atoms with van der Waals surface area (Å²) in [6.07, 6.45) is 8.59. The number of ketones is 1. The highest BCUT2D eigenvalue weighted by atomic mass is 32.2. The van der Waals surface area contributed by atoms with Crippen molar-refractivity contribution in [2.45, 2.75) is 117 Å². The van der Waals surface area contributed by atoms with Gasteiger partial charge in [-0.25, -0.2) is 4.98 Å². The molecule has 0 saturated heterocycles. The lowest BCUT2D eigenvalue weighted by molar-refractivity contribution is -0.205. The van der Waals surface area contributed by atoms with Crippen LogP contribution < -0.4 is 5.32 Å². The Bertz CT molecular complexity index is 1230. The molecule has 0 aromatic carbocycles. The minimum atomic E-state index is -0.679. The zero-order chi connectivity index (χ0) is 33.7. The van der Waals surface area contributed by atoms with Crippen molar-refractivity contribution in [1.82, 2.24) is 9.88 Å². The number of rotatable bonds is 15. The van der Waals surface area contributed by atoms with Crippen molar-refractivity contribution in [1.29, 1.82) is 0 Å². The first-order valence-corrected chi connectivity index (χ1v) is 19.5. The number of thiazole rings is 1. The fraction of sp³-hybridized carbons (Fsp3) is 0.778. The zero-order valence-corrected chi connectivity index (χ0v) is 30.6. The van der Waals surface area contributed by atoms with Crippen LogP contribution in [0.2, 0.25) is 0 Å². The molecule has 0 radical (unpaired) electrons. The number of Topliss-reactive ketones (excluding diaryl/α,β-unsaturated/α-hetero) is 1. The van der Waals surface area contributed by atoms with Crippen molar-refractivity contribution in [3.63, 3.8) is 0 Å². The number of carbonyl (C=O) groups excluding carboxylic acids is 3. The largest absolute Gasteiger partial charge is 0.461 e. The third kappa shape index (κ3) is 7.60. The molecule has 8 nitrogen and oxygen atoms in total. The number of nitrogens with zero attached hydrogens (tertiary/aromatic N) is 2. The normalized spacial score (nSPS) is 34.1. The monoisotopic (exact) mass is 675 g/mol. The number of anilines is 1. The van der Waals surface area contributed by atoms with Crippen molar-refractivity contribution in [2.24, 2.45) is 34.0 Å². The van der Waals surface area contributed by atoms with Gasteiger partial charge in [-0.2, -0.15) is 0 Å². The molecule has 1 aromatic rings. The van der Waals surface area contributed by atoms with E-state index in [1.165, 1.54) is 23.1 Å². The summed E-state index contributed by atoms with van der Waals surface area (Å²) in [5.74, 6) is 0.464. The van der Waals surface area contributed by atoms with Gasteiger partial charge in [0.05, 0.1) is 24.1 Å². The first-order valence-electron chi connectivity index (χ1n) is 17.4. The van der Waals surface area contributed by atoms with Gasteiger partial charge in [-0.3, -0.25) is 19.3 Å². The van der Waals surface area contributed by atoms with Crippen molar-refractivity contribution in [3.05, 3.63) is 23.7 Å². The van der Waals surface area contributed by atoms with E-state index < -0.39 is 23.0 Å². The van der Waals surface area contributed by atoms with E-state index in [4.69, 9.17) is 4.74 Å². The Morgan fingerprint density at radius 2 is 1.91 bits per heavy atom. The molecule has 2 N–H and O–H groups in total. The maximum absolute atomic E-state index is 13.6. The van der Waals surface area contributed by atoms with Crippen molar-refractivity contribution < 1.29 is 24.2 Å². The maximum Gasteiger partial charge on any atom is 0.316 e. The number of unbranched alkanes of at least 4 members (excludes halogenated alkanes) is 2. The average molecular weight is 676 g/mol. The van der Waals surface area contributed by atoms with Gasteiger partial charge in [0, 0.05) is 34.3 Å². The highest BCUT2D eigenvalue weighted by molar-refractivity contribution is 7.99. The molecule has 4 rings (SSSR count). The number of hydrogen-bond donors (Lipinski definition) is 2. The van der Waals surface area contributed by atoms with Gasteiger partial charge in [0.25, 0.3) is 0 Å². The standard InChI is InChI=1S/C36H57N3O5S2/c1-8-11-17-39(18-12-9-2)20-29(41)38-33-37-26(22-46-33)21-45-23-30(42)44-28-19-34(6,10-3)32(43)25(5)36-15-13-24(4)35(28,7)31(36)27(40)14-16-36/h10,22,24-25,28,31-32,43H,3,8-9,11-21,23H2,1-2,4-7H3,(H,37,38,41)/t24-,25+,28-,31+,32+,34-,35+,36+/m1/s1. The Kier molecular flexibility index (Phi) is 12.6. The number of hydrogen-bond acceptors (Lipinski definition) is 9. The average Bonchev–Trinajstić information content (AvgIpc) is 3.62. The SMILES string of the molecule is C=C[C@]1(C)C[C@@H](OC(=O)CSCc2csc(NC(=O)CN(CCCC)CCCC)n2)[C@]2(C)[C@H](C)CC[C@]3(CCC(=O)[C@H]32)[C@@H](C)[C@@H]1O. The van der Waals surface area contributed by atoms with Crippen LogP contribution in [0.1, 0.15) is 105 Å². The smallest absolute Gasteiger partial charge is 0.316 e. The summed E-state index contributed by atoms with van der Waals surface area (Å²) in [6, 6.07) is 0. The van der Waals surface area contributed by atoms with Crippen LogP contribution >= 0.6 is 23.1 Å². The van der Waals surface area contributed by atoms with Gasteiger partial charge >= 0.3 is 5.97 Å². The van der Waals surface area contributed by atoms with Crippen LogP contribution in [0.5, 0.6) is 0 Å². The van der Waals surface area contributed by atoms with Crippen LogP contribution in [-0.2, 0) is 24.9 Å². The molecule has 0 unspecified atom stereocenters. The first-order chi connectivity index (χ1) is 21.8. The van der Waals surface area contributed by atoms with Gasteiger partial charge in [-0.1, -0.05) is 60.5 Å². The second kappa shape index (κ2) is 15.6. The minimum absolute atomic E-state index is 0.0511. The predicted molar refractivity (Wildman–Crippen MR) is 188 cm³/mol. The molecule has 3 aliphatic rings. The molecule has 258 valence electrons. The molecule has 2 bridgehead atoms. The van der Waals surface area contributed by atoms with E-state index in [9.17, 15) is 19.5 Å². The Labute approximate surface area is 284 Å². The van der Waals surface area contributed by atoms with Crippen LogP contribution in [-0.4, -0.2) is 70.2 Å². The third-order valence-electron chi connectivity index (χ3n) is 11.9. The Morgan fingerprint density at radius 3 is 2.57 bits per heavy atom. The molecule has 8 atom stereocenters. The molecule has 0 spiro atoms. The molecule has 1 amide bonds. The fourth-order valence-electron chi connectivity index (χ4n) is 8.76. The number of aliphatic hydroxyl groups excluding tert-OH is 1. The van der Waals surface area contributed by atoms with Crippen LogP contribution in [0, 0.1) is 34.0 Å². The van der Waals surface area contributed by atoms with E-state index in [2.05, 4.69) is 56.4 Å². The third-order valence-corrected chi connectivity index (χ3v) is 13.6. The van der Waals surface area contributed by atoms with Gasteiger partial charge < -0.3 is 15.2 Å². The van der Waals surface area contributed by atoms with Crippen molar-refractivity contribution in [3.8, 4) is 0 Å². The minimum Gasteiger partial charge on any atom is -0.461 e. The van der Waals surface area contributed by atoms with Gasteiger partial charge in [-0.05, 0) is 68.9 Å². The molecule has 3 saturated carbocycles. The fourth-order valence-corrected chi connectivity index (χ4v) is 10.3. The van der Waals surface area contributed by atoms with E-state index in [-0.39, 0.29) is 46.6 Å². The first kappa shape index (κ1) is 37.1. The molecule has 10 heteroatoms. The molecule has 46 heavy (non-hydrogen) atoms. The Hall–Kier alpha value is -1.75. The van der Waals surface area contributed by atoms with Crippen LogP contribution in [0.4, 0.5) is 5.13 Å². The maximum atomic E-state index is 13.6. The second-order valence-electron chi connectivity index (χ2n) is 14.7. The zero-order valence-electron chi connectivity index (χ0n) is 28.9. The number of nitrogens with one attached hydrogen (secondary N) is 1. The molecule has 0 aliphatic heterocycles. The number of esters is 1. The summed E-state index contributed by atoms with van der Waals surface area (Å²) < 4.78 is 6.36. The number of aromatic nitrogens is 1. The van der Waals surface area contributed by atoms with Crippen molar-refractivity contribution >= 4 is 45.9 Å². The molecule has 3 fully saturated rings. The number of ether oxygens (including phenoxy) is 1. The second-order valence-corrected chi connectivity index (χ2v) is 16.6. The van der Waals surface area contributed by atoms with Gasteiger partial charge in [0.2, 0.25) is 5.91 Å². The van der Waals surface area contributed by atoms with Crippen LogP contribution in [0.15, 0.2) is 18.0 Å². The topological polar surface area (TPSA) is 109 Å². The number of thioether (sulfide) groups is 1. The highest BCUT2D eigenvalue weighted by Gasteiger charge is 2.68. The molecular formula is C36H57N3O5S2. The predicted octanol–water partition coefficient (Wildman–Crippen LogP) is 7.12. The van der Waals surface area contributed by atoms with Crippen LogP contribution in [0.25, 0.3) is 0 Å². The Morgan fingerprint density at radius 1 is 1.22 bits per heavy atom. The number of carbonyl (C=O) groups is 3. The van der Waals surface area contributed by atoms with Crippen LogP contribution in [0.3, 0.4) is 0 Å². The van der Waals surface area contributed by atoms with E-state index in [1.54, 1.807) is 0 Å². The molecule has 3 aliphatic carbocycles. The lowest BCUT2D eigenvalue weighted by Gasteiger charge is -2.61. The summed E-state index contributed by atoms with van der Waals surface area (Å²) in [5.41, 5.74) is -0.647. The number of amides is 1. The Balaban J connectivity index is 1.38. The van der Waals surface area contributed by atoms with Gasteiger partial charge in [-0.15, -0.1) is 29.7 Å². The highest BCUT2D eigenvalue weighted by Crippen LogP contribution is 2.68. The lowest BCUT2D eigenvalue weighted by Crippen LogP contribution is -2.63. The summed E-state index contributed by atoms with van der Waals surface area (Å²) >= 11 is 2.83. The number of aliphatic hydroxyl groups is 1. The van der Waals surface area contributed by atoms with Crippen molar-refractivity contribution in [2.75, 3.05) is 30.7 Å². The van der Waals surface area contributed by atoms with Gasteiger partial charge in [0.15, 0.2) is 5.13 Å². The molecule has 1 heterocycles. The van der Waals surface area contributed by atoms with E-state index in [0.29, 0.717) is 30.3 Å². The summed E-state index contributed by atoms with van der Waals surface area (Å²) in [5, 5.41) is 17.2. The summed E-state index contributed by atoms with van der Waals surface area (Å²) in [4.78, 5) is 46.6. The van der Waals surface area contributed by atoms with E-state index >= 15 is 0 Å². The summed E-state index contributed by atoms with van der Waals surface area (Å²) in [7, 11) is 0. The quantitative estimate of drug-likeness (QED) is 0.149. The summed E-state index contributed by atoms with van der Waals surface area (Å²) in [6.45, 7) is 19.1. The van der Waals surface area contributed by atoms with Gasteiger partial charge in [0.1, 0.15) is 11.9 Å².